The number of benzene rings is 1. The van der Waals surface area contributed by atoms with Crippen molar-refractivity contribution in [2.24, 2.45) is 0 Å². The molecule has 0 heterocycles. The maximum absolute atomic E-state index is 11.8. The van der Waals surface area contributed by atoms with Crippen LogP contribution in [0.15, 0.2) is 18.2 Å². The molecule has 0 radical (unpaired) electrons. The van der Waals surface area contributed by atoms with Gasteiger partial charge in [-0.2, -0.15) is 0 Å². The third-order valence-corrected chi connectivity index (χ3v) is 3.45. The summed E-state index contributed by atoms with van der Waals surface area (Å²) in [5, 5.41) is 21.3. The molecule has 1 rings (SSSR count). The molecule has 0 spiro atoms. The van der Waals surface area contributed by atoms with Gasteiger partial charge in [-0.3, -0.25) is 10.1 Å². The predicted molar refractivity (Wildman–Crippen MR) is 89.3 cm³/mol. The molecule has 1 unspecified atom stereocenters. The minimum absolute atomic E-state index is 0.127. The molecule has 0 bridgehead atoms. The van der Waals surface area contributed by atoms with Gasteiger partial charge in [0.15, 0.2) is 6.10 Å². The van der Waals surface area contributed by atoms with E-state index in [1.54, 1.807) is 6.07 Å². The third-order valence-electron chi connectivity index (χ3n) is 3.45. The van der Waals surface area contributed by atoms with Crippen molar-refractivity contribution in [1.82, 2.24) is 0 Å². The average molecular weight is 353 g/mol. The van der Waals surface area contributed by atoms with Crippen LogP contribution in [0.3, 0.4) is 0 Å². The minimum Gasteiger partial charge on any atom is -0.481 e. The van der Waals surface area contributed by atoms with E-state index in [2.05, 4.69) is 10.1 Å². The standard InChI is InChI=1S/C17H23NO7/c1-3-4-9-25-17(23)18-13-10-12(15(21)16(22)24-2)6-5-11(13)7-8-14(19)20/h5-6,10,15,21H,3-4,7-9H2,1-2H3,(H,18,23)(H,19,20). The lowest BCUT2D eigenvalue weighted by Gasteiger charge is -2.15. The first-order valence-electron chi connectivity index (χ1n) is 7.93. The SMILES string of the molecule is CCCCOC(=O)Nc1cc(C(O)C(=O)OC)ccc1CCC(=O)O. The van der Waals surface area contributed by atoms with Crippen LogP contribution in [0.25, 0.3) is 0 Å². The van der Waals surface area contributed by atoms with Crippen LogP contribution in [0.4, 0.5) is 10.5 Å². The van der Waals surface area contributed by atoms with Crippen molar-refractivity contribution in [2.75, 3.05) is 19.0 Å². The summed E-state index contributed by atoms with van der Waals surface area (Å²) < 4.78 is 9.50. The molecule has 0 saturated carbocycles. The molecule has 1 aromatic rings. The number of esters is 1. The summed E-state index contributed by atoms with van der Waals surface area (Å²) in [4.78, 5) is 34.1. The summed E-state index contributed by atoms with van der Waals surface area (Å²) in [7, 11) is 1.15. The summed E-state index contributed by atoms with van der Waals surface area (Å²) in [6.45, 7) is 2.22. The Bertz CT molecular complexity index is 615. The van der Waals surface area contributed by atoms with E-state index in [0.29, 0.717) is 5.56 Å². The average Bonchev–Trinajstić information content (AvgIpc) is 2.59. The normalized spacial score (nSPS) is 11.5. The molecule has 8 heteroatoms. The Balaban J connectivity index is 2.98. The molecule has 0 saturated heterocycles. The van der Waals surface area contributed by atoms with E-state index in [-0.39, 0.29) is 30.7 Å². The smallest absolute Gasteiger partial charge is 0.411 e. The molecule has 8 nitrogen and oxygen atoms in total. The lowest BCUT2D eigenvalue weighted by Crippen LogP contribution is -2.17. The van der Waals surface area contributed by atoms with Gasteiger partial charge in [-0.25, -0.2) is 9.59 Å². The zero-order valence-electron chi connectivity index (χ0n) is 14.3. The van der Waals surface area contributed by atoms with Crippen molar-refractivity contribution in [2.45, 2.75) is 38.7 Å². The van der Waals surface area contributed by atoms with Gasteiger partial charge in [-0.1, -0.05) is 25.5 Å². The van der Waals surface area contributed by atoms with Crippen LogP contribution in [0.5, 0.6) is 0 Å². The molecule has 138 valence electrons. The van der Waals surface area contributed by atoms with Crippen LogP contribution in [0, 0.1) is 0 Å². The van der Waals surface area contributed by atoms with Crippen LogP contribution in [0.2, 0.25) is 0 Å². The molecule has 0 aliphatic rings. The monoisotopic (exact) mass is 353 g/mol. The zero-order valence-corrected chi connectivity index (χ0v) is 14.3. The largest absolute Gasteiger partial charge is 0.481 e. The maximum Gasteiger partial charge on any atom is 0.411 e. The van der Waals surface area contributed by atoms with Crippen molar-refractivity contribution < 1.29 is 34.1 Å². The van der Waals surface area contributed by atoms with Gasteiger partial charge in [-0.15, -0.1) is 0 Å². The molecule has 0 aromatic heterocycles. The van der Waals surface area contributed by atoms with Crippen LogP contribution in [-0.2, 0) is 25.5 Å². The molecular weight excluding hydrogens is 330 g/mol. The number of aryl methyl sites for hydroxylation is 1. The highest BCUT2D eigenvalue weighted by atomic mass is 16.5. The quantitative estimate of drug-likeness (QED) is 0.460. The Morgan fingerprint density at radius 1 is 1.28 bits per heavy atom. The molecule has 1 amide bonds. The van der Waals surface area contributed by atoms with Crippen LogP contribution in [0.1, 0.15) is 43.4 Å². The summed E-state index contributed by atoms with van der Waals surface area (Å²) in [6, 6.07) is 4.43. The number of methoxy groups -OCH3 is 1. The van der Waals surface area contributed by atoms with Gasteiger partial charge in [-0.05, 0) is 30.0 Å². The van der Waals surface area contributed by atoms with Crippen molar-refractivity contribution in [3.63, 3.8) is 0 Å². The van der Waals surface area contributed by atoms with Crippen LogP contribution in [-0.4, -0.2) is 42.0 Å². The molecule has 1 atom stereocenters. The molecule has 1 aromatic carbocycles. The Morgan fingerprint density at radius 2 is 2.00 bits per heavy atom. The second kappa shape index (κ2) is 10.3. The Labute approximate surface area is 145 Å². The number of hydrogen-bond acceptors (Lipinski definition) is 6. The lowest BCUT2D eigenvalue weighted by atomic mass is 10.0. The number of hydrogen-bond donors (Lipinski definition) is 3. The van der Waals surface area contributed by atoms with Gasteiger partial charge < -0.3 is 19.7 Å². The van der Waals surface area contributed by atoms with E-state index in [0.717, 1.165) is 20.0 Å². The molecule has 3 N–H and O–H groups in total. The fourth-order valence-corrected chi connectivity index (χ4v) is 2.04. The first kappa shape index (κ1) is 20.4. The van der Waals surface area contributed by atoms with Gasteiger partial charge in [0.2, 0.25) is 0 Å². The number of ether oxygens (including phenoxy) is 2. The number of carboxylic acids is 1. The van der Waals surface area contributed by atoms with Crippen LogP contribution >= 0.6 is 0 Å². The number of amides is 1. The highest BCUT2D eigenvalue weighted by Crippen LogP contribution is 2.24. The van der Waals surface area contributed by atoms with Crippen molar-refractivity contribution in [3.05, 3.63) is 29.3 Å². The van der Waals surface area contributed by atoms with Crippen molar-refractivity contribution >= 4 is 23.7 Å². The number of rotatable bonds is 9. The number of nitrogens with one attached hydrogen (secondary N) is 1. The van der Waals surface area contributed by atoms with E-state index in [4.69, 9.17) is 9.84 Å². The molecular formula is C17H23NO7. The number of anilines is 1. The Kier molecular flexibility index (Phi) is 8.42. The van der Waals surface area contributed by atoms with Gasteiger partial charge in [0, 0.05) is 12.1 Å². The second-order valence-corrected chi connectivity index (χ2v) is 5.35. The maximum atomic E-state index is 11.8. The van der Waals surface area contributed by atoms with Crippen molar-refractivity contribution in [1.29, 1.82) is 0 Å². The molecule has 0 fully saturated rings. The first-order chi connectivity index (χ1) is 11.9. The van der Waals surface area contributed by atoms with E-state index in [1.165, 1.54) is 12.1 Å². The Hall–Kier alpha value is -2.61. The number of unbranched alkanes of at least 4 members (excludes halogenated alkanes) is 1. The van der Waals surface area contributed by atoms with E-state index in [1.807, 2.05) is 6.92 Å². The van der Waals surface area contributed by atoms with Crippen molar-refractivity contribution in [3.8, 4) is 0 Å². The van der Waals surface area contributed by atoms with Crippen LogP contribution < -0.4 is 5.32 Å². The fourth-order valence-electron chi connectivity index (χ4n) is 2.04. The van der Waals surface area contributed by atoms with Gasteiger partial charge in [0.25, 0.3) is 0 Å². The minimum atomic E-state index is -1.50. The summed E-state index contributed by atoms with van der Waals surface area (Å²) in [5.74, 6) is -1.81. The van der Waals surface area contributed by atoms with Gasteiger partial charge >= 0.3 is 18.0 Å². The number of aliphatic hydroxyl groups excluding tert-OH is 1. The number of aliphatic hydroxyl groups is 1. The second-order valence-electron chi connectivity index (χ2n) is 5.35. The van der Waals surface area contributed by atoms with E-state index < -0.39 is 24.1 Å². The zero-order chi connectivity index (χ0) is 18.8. The number of carbonyl (C=O) groups excluding carboxylic acids is 2. The van der Waals surface area contributed by atoms with Gasteiger partial charge in [0.05, 0.1) is 13.7 Å². The predicted octanol–water partition coefficient (Wildman–Crippen LogP) is 2.26. The third kappa shape index (κ3) is 6.80. The highest BCUT2D eigenvalue weighted by Gasteiger charge is 2.20. The number of aliphatic carboxylic acids is 1. The summed E-state index contributed by atoms with van der Waals surface area (Å²) in [6.07, 6.45) is -0.546. The number of carboxylic acid groups (broad SMARTS) is 1. The topological polar surface area (TPSA) is 122 Å². The summed E-state index contributed by atoms with van der Waals surface area (Å²) in [5.41, 5.74) is 1.05. The lowest BCUT2D eigenvalue weighted by molar-refractivity contribution is -0.150. The first-order valence-corrected chi connectivity index (χ1v) is 7.93. The molecule has 0 aliphatic carbocycles. The molecule has 25 heavy (non-hydrogen) atoms. The fraction of sp³-hybridized carbons (Fsp3) is 0.471. The molecule has 0 aliphatic heterocycles. The van der Waals surface area contributed by atoms with E-state index >= 15 is 0 Å². The van der Waals surface area contributed by atoms with E-state index in [9.17, 15) is 19.5 Å². The summed E-state index contributed by atoms with van der Waals surface area (Å²) >= 11 is 0. The van der Waals surface area contributed by atoms with Gasteiger partial charge in [0.1, 0.15) is 0 Å². The highest BCUT2D eigenvalue weighted by molar-refractivity contribution is 5.86. The Morgan fingerprint density at radius 3 is 2.60 bits per heavy atom. The number of carbonyl (C=O) groups is 3.